The Bertz CT molecular complexity index is 643. The van der Waals surface area contributed by atoms with Gasteiger partial charge in [0.1, 0.15) is 5.82 Å². The number of carbonyl (C=O) groups excluding carboxylic acids is 1. The minimum absolute atomic E-state index is 0.249. The molecule has 1 atom stereocenters. The molecule has 4 nitrogen and oxygen atoms in total. The number of para-hydroxylation sites is 2. The summed E-state index contributed by atoms with van der Waals surface area (Å²) in [6.07, 6.45) is -0.669. The van der Waals surface area contributed by atoms with Gasteiger partial charge >= 0.3 is 0 Å². The van der Waals surface area contributed by atoms with Gasteiger partial charge < -0.3 is 14.8 Å². The Hall–Kier alpha value is -2.56. The van der Waals surface area contributed by atoms with Gasteiger partial charge in [-0.15, -0.1) is 0 Å². The van der Waals surface area contributed by atoms with Crippen LogP contribution < -0.4 is 14.8 Å². The zero-order chi connectivity index (χ0) is 16.7. The molecule has 0 saturated carbocycles. The molecule has 23 heavy (non-hydrogen) atoms. The molecule has 0 aliphatic rings. The zero-order valence-corrected chi connectivity index (χ0v) is 13.2. The topological polar surface area (TPSA) is 47.6 Å². The highest BCUT2D eigenvalue weighted by Crippen LogP contribution is 2.27. The summed E-state index contributed by atoms with van der Waals surface area (Å²) >= 11 is 0. The van der Waals surface area contributed by atoms with E-state index in [-0.39, 0.29) is 11.7 Å². The van der Waals surface area contributed by atoms with E-state index in [0.29, 0.717) is 24.7 Å². The molecule has 1 unspecified atom stereocenters. The molecule has 0 bridgehead atoms. The van der Waals surface area contributed by atoms with E-state index in [9.17, 15) is 9.18 Å². The van der Waals surface area contributed by atoms with Crippen molar-refractivity contribution in [2.45, 2.75) is 26.5 Å². The summed E-state index contributed by atoms with van der Waals surface area (Å²) in [5, 5.41) is 2.76. The molecule has 0 aliphatic carbocycles. The lowest BCUT2D eigenvalue weighted by atomic mass is 10.2. The molecular weight excluding hydrogens is 297 g/mol. The lowest BCUT2D eigenvalue weighted by Gasteiger charge is -2.17. The van der Waals surface area contributed by atoms with E-state index in [4.69, 9.17) is 9.47 Å². The highest BCUT2D eigenvalue weighted by molar-refractivity contribution is 5.80. The van der Waals surface area contributed by atoms with Crippen LogP contribution in [0.15, 0.2) is 48.5 Å². The molecule has 0 saturated heterocycles. The average Bonchev–Trinajstić information content (AvgIpc) is 2.56. The van der Waals surface area contributed by atoms with Gasteiger partial charge in [-0.05, 0) is 43.7 Å². The Kier molecular flexibility index (Phi) is 5.97. The van der Waals surface area contributed by atoms with Crippen LogP contribution in [0.4, 0.5) is 4.39 Å². The monoisotopic (exact) mass is 317 g/mol. The molecule has 0 radical (unpaired) electrons. The molecule has 0 spiro atoms. The fraction of sp³-hybridized carbons (Fsp3) is 0.278. The van der Waals surface area contributed by atoms with E-state index in [1.54, 1.807) is 31.2 Å². The second kappa shape index (κ2) is 8.17. The van der Waals surface area contributed by atoms with Gasteiger partial charge in [0.25, 0.3) is 5.91 Å². The van der Waals surface area contributed by atoms with Crippen LogP contribution in [0.3, 0.4) is 0 Å². The number of halogens is 1. The predicted molar refractivity (Wildman–Crippen MR) is 85.9 cm³/mol. The number of benzene rings is 2. The van der Waals surface area contributed by atoms with Gasteiger partial charge in [0.05, 0.1) is 6.61 Å². The van der Waals surface area contributed by atoms with Crippen LogP contribution in [0.5, 0.6) is 11.5 Å². The molecule has 0 aromatic heterocycles. The van der Waals surface area contributed by atoms with Gasteiger partial charge in [0, 0.05) is 6.54 Å². The number of rotatable bonds is 7. The van der Waals surface area contributed by atoms with Crippen LogP contribution in [0.25, 0.3) is 0 Å². The summed E-state index contributed by atoms with van der Waals surface area (Å²) in [5.74, 6) is 0.580. The molecule has 122 valence electrons. The smallest absolute Gasteiger partial charge is 0.261 e. The molecule has 5 heteroatoms. The summed E-state index contributed by atoms with van der Waals surface area (Å²) in [7, 11) is 0. The van der Waals surface area contributed by atoms with Gasteiger partial charge in [-0.2, -0.15) is 0 Å². The summed E-state index contributed by atoms with van der Waals surface area (Å²) in [6, 6.07) is 13.2. The Morgan fingerprint density at radius 2 is 1.78 bits per heavy atom. The van der Waals surface area contributed by atoms with Gasteiger partial charge in [-0.3, -0.25) is 4.79 Å². The first-order valence-electron chi connectivity index (χ1n) is 7.50. The second-order valence-electron chi connectivity index (χ2n) is 4.98. The lowest BCUT2D eigenvalue weighted by molar-refractivity contribution is -0.127. The number of carbonyl (C=O) groups is 1. The van der Waals surface area contributed by atoms with E-state index in [0.717, 1.165) is 5.56 Å². The van der Waals surface area contributed by atoms with Gasteiger partial charge in [0.15, 0.2) is 17.6 Å². The van der Waals surface area contributed by atoms with Crippen LogP contribution in [0.1, 0.15) is 19.4 Å². The standard InChI is InChI=1S/C18H20FNO3/c1-3-22-16-6-4-5-7-17(16)23-13(2)18(21)20-12-14-8-10-15(19)11-9-14/h4-11,13H,3,12H2,1-2H3,(H,20,21). The summed E-state index contributed by atoms with van der Waals surface area (Å²) in [4.78, 5) is 12.1. The van der Waals surface area contributed by atoms with Crippen LogP contribution in [0, 0.1) is 5.82 Å². The van der Waals surface area contributed by atoms with Crippen LogP contribution in [-0.4, -0.2) is 18.6 Å². The Balaban J connectivity index is 1.91. The quantitative estimate of drug-likeness (QED) is 0.852. The third kappa shape index (κ3) is 4.98. The van der Waals surface area contributed by atoms with Crippen LogP contribution >= 0.6 is 0 Å². The molecule has 0 fully saturated rings. The number of nitrogens with one attached hydrogen (secondary N) is 1. The van der Waals surface area contributed by atoms with E-state index in [2.05, 4.69) is 5.32 Å². The fourth-order valence-electron chi connectivity index (χ4n) is 2.00. The van der Waals surface area contributed by atoms with E-state index >= 15 is 0 Å². The van der Waals surface area contributed by atoms with Crippen LogP contribution in [-0.2, 0) is 11.3 Å². The van der Waals surface area contributed by atoms with Crippen molar-refractivity contribution >= 4 is 5.91 Å². The zero-order valence-electron chi connectivity index (χ0n) is 13.2. The van der Waals surface area contributed by atoms with E-state index in [1.807, 2.05) is 19.1 Å². The third-order valence-electron chi connectivity index (χ3n) is 3.20. The summed E-state index contributed by atoms with van der Waals surface area (Å²) in [6.45, 7) is 4.39. The Morgan fingerprint density at radius 1 is 1.13 bits per heavy atom. The second-order valence-corrected chi connectivity index (χ2v) is 4.98. The number of hydrogen-bond donors (Lipinski definition) is 1. The maximum atomic E-state index is 12.8. The van der Waals surface area contributed by atoms with E-state index in [1.165, 1.54) is 12.1 Å². The first kappa shape index (κ1) is 16.8. The Labute approximate surface area is 135 Å². The number of hydrogen-bond acceptors (Lipinski definition) is 3. The maximum Gasteiger partial charge on any atom is 0.261 e. The van der Waals surface area contributed by atoms with Gasteiger partial charge in [-0.1, -0.05) is 24.3 Å². The third-order valence-corrected chi connectivity index (χ3v) is 3.20. The fourth-order valence-corrected chi connectivity index (χ4v) is 2.00. The molecule has 0 heterocycles. The largest absolute Gasteiger partial charge is 0.490 e. The normalized spacial score (nSPS) is 11.6. The number of ether oxygens (including phenoxy) is 2. The summed E-state index contributed by atoms with van der Waals surface area (Å²) in [5.41, 5.74) is 0.821. The average molecular weight is 317 g/mol. The lowest BCUT2D eigenvalue weighted by Crippen LogP contribution is -2.36. The van der Waals surface area contributed by atoms with Crippen molar-refractivity contribution in [3.63, 3.8) is 0 Å². The van der Waals surface area contributed by atoms with Gasteiger partial charge in [-0.25, -0.2) is 4.39 Å². The van der Waals surface area contributed by atoms with Crippen molar-refractivity contribution in [2.75, 3.05) is 6.61 Å². The van der Waals surface area contributed by atoms with Crippen molar-refractivity contribution in [3.05, 3.63) is 59.9 Å². The van der Waals surface area contributed by atoms with Gasteiger partial charge in [0.2, 0.25) is 0 Å². The first-order valence-corrected chi connectivity index (χ1v) is 7.50. The molecule has 1 amide bonds. The van der Waals surface area contributed by atoms with E-state index < -0.39 is 6.10 Å². The summed E-state index contributed by atoms with van der Waals surface area (Å²) < 4.78 is 24.0. The van der Waals surface area contributed by atoms with Crippen molar-refractivity contribution < 1.29 is 18.7 Å². The Morgan fingerprint density at radius 3 is 2.43 bits per heavy atom. The molecular formula is C18H20FNO3. The van der Waals surface area contributed by atoms with Crippen molar-refractivity contribution in [1.29, 1.82) is 0 Å². The molecule has 1 N–H and O–H groups in total. The van der Waals surface area contributed by atoms with Crippen molar-refractivity contribution in [2.24, 2.45) is 0 Å². The minimum Gasteiger partial charge on any atom is -0.490 e. The molecule has 0 aliphatic heterocycles. The minimum atomic E-state index is -0.669. The van der Waals surface area contributed by atoms with Crippen LogP contribution in [0.2, 0.25) is 0 Å². The highest BCUT2D eigenvalue weighted by Gasteiger charge is 2.16. The molecule has 2 aromatic rings. The van der Waals surface area contributed by atoms with Crippen molar-refractivity contribution in [3.8, 4) is 11.5 Å². The van der Waals surface area contributed by atoms with Crippen molar-refractivity contribution in [1.82, 2.24) is 5.32 Å². The number of amides is 1. The molecule has 2 rings (SSSR count). The highest BCUT2D eigenvalue weighted by atomic mass is 19.1. The predicted octanol–water partition coefficient (Wildman–Crippen LogP) is 3.31. The maximum absolute atomic E-state index is 12.8. The molecule has 2 aromatic carbocycles. The SMILES string of the molecule is CCOc1ccccc1OC(C)C(=O)NCc1ccc(F)cc1. The first-order chi connectivity index (χ1) is 11.1.